The molecule has 4 aromatic rings. The highest BCUT2D eigenvalue weighted by Gasteiger charge is 2.14. The van der Waals surface area contributed by atoms with Gasteiger partial charge >= 0.3 is 0 Å². The van der Waals surface area contributed by atoms with E-state index in [-0.39, 0.29) is 5.56 Å². The molecular formula is C20H21N5O. The summed E-state index contributed by atoms with van der Waals surface area (Å²) < 4.78 is 0. The van der Waals surface area contributed by atoms with Crippen molar-refractivity contribution in [3.63, 3.8) is 0 Å². The SMILES string of the molecule is CC(C)N(Cc1ccc2cn[nH]c2c1)Cc1nc2ccccc2c(=O)[nH]1. The predicted molar refractivity (Wildman–Crippen MR) is 103 cm³/mol. The van der Waals surface area contributed by atoms with Gasteiger partial charge in [0.1, 0.15) is 5.82 Å². The minimum absolute atomic E-state index is 0.0896. The number of hydrogen-bond acceptors (Lipinski definition) is 4. The van der Waals surface area contributed by atoms with Crippen molar-refractivity contribution >= 4 is 21.8 Å². The van der Waals surface area contributed by atoms with Gasteiger partial charge in [0.05, 0.1) is 29.2 Å². The van der Waals surface area contributed by atoms with Gasteiger partial charge in [-0.05, 0) is 37.6 Å². The van der Waals surface area contributed by atoms with E-state index >= 15 is 0 Å². The van der Waals surface area contributed by atoms with E-state index in [9.17, 15) is 4.79 Å². The van der Waals surface area contributed by atoms with E-state index in [1.54, 1.807) is 6.07 Å². The highest BCUT2D eigenvalue weighted by molar-refractivity contribution is 5.78. The minimum Gasteiger partial charge on any atom is -0.309 e. The Balaban J connectivity index is 1.61. The van der Waals surface area contributed by atoms with E-state index in [4.69, 9.17) is 0 Å². The van der Waals surface area contributed by atoms with Gasteiger partial charge in [0.2, 0.25) is 0 Å². The molecular weight excluding hydrogens is 326 g/mol. The first kappa shape index (κ1) is 16.5. The second-order valence-corrected chi connectivity index (χ2v) is 6.82. The van der Waals surface area contributed by atoms with Crippen LogP contribution in [0.15, 0.2) is 53.5 Å². The first-order valence-corrected chi connectivity index (χ1v) is 8.74. The van der Waals surface area contributed by atoms with E-state index < -0.39 is 0 Å². The van der Waals surface area contributed by atoms with Gasteiger partial charge < -0.3 is 4.98 Å². The summed E-state index contributed by atoms with van der Waals surface area (Å²) in [5.74, 6) is 0.685. The molecule has 2 aromatic carbocycles. The molecule has 0 fully saturated rings. The Morgan fingerprint density at radius 2 is 1.96 bits per heavy atom. The lowest BCUT2D eigenvalue weighted by Crippen LogP contribution is -2.31. The van der Waals surface area contributed by atoms with Crippen LogP contribution in [0.2, 0.25) is 0 Å². The Morgan fingerprint density at radius 1 is 1.12 bits per heavy atom. The maximum Gasteiger partial charge on any atom is 0.258 e. The summed E-state index contributed by atoms with van der Waals surface area (Å²) in [6.45, 7) is 5.64. The molecule has 0 atom stereocenters. The Bertz CT molecular complexity index is 1110. The molecule has 0 aliphatic rings. The van der Waals surface area contributed by atoms with E-state index in [1.807, 2.05) is 24.4 Å². The van der Waals surface area contributed by atoms with Gasteiger partial charge in [0.15, 0.2) is 0 Å². The highest BCUT2D eigenvalue weighted by atomic mass is 16.1. The van der Waals surface area contributed by atoms with Gasteiger partial charge in [0, 0.05) is 18.0 Å². The largest absolute Gasteiger partial charge is 0.309 e. The Hall–Kier alpha value is -2.99. The minimum atomic E-state index is -0.0896. The number of H-pyrrole nitrogens is 2. The monoisotopic (exact) mass is 347 g/mol. The van der Waals surface area contributed by atoms with E-state index in [0.29, 0.717) is 23.8 Å². The number of aromatic amines is 2. The molecule has 0 bridgehead atoms. The predicted octanol–water partition coefficient (Wildman–Crippen LogP) is 3.21. The molecule has 132 valence electrons. The lowest BCUT2D eigenvalue weighted by molar-refractivity contribution is 0.198. The Labute approximate surface area is 150 Å². The molecule has 0 saturated carbocycles. The van der Waals surface area contributed by atoms with Crippen LogP contribution in [0.1, 0.15) is 25.2 Å². The number of nitrogens with one attached hydrogen (secondary N) is 2. The Morgan fingerprint density at radius 3 is 2.81 bits per heavy atom. The quantitative estimate of drug-likeness (QED) is 0.581. The zero-order valence-corrected chi connectivity index (χ0v) is 14.9. The number of benzene rings is 2. The van der Waals surface area contributed by atoms with Crippen molar-refractivity contribution in [2.24, 2.45) is 0 Å². The van der Waals surface area contributed by atoms with E-state index in [1.165, 1.54) is 5.56 Å². The highest BCUT2D eigenvalue weighted by Crippen LogP contribution is 2.17. The average Bonchev–Trinajstić information content (AvgIpc) is 3.09. The first-order chi connectivity index (χ1) is 12.6. The molecule has 2 N–H and O–H groups in total. The van der Waals surface area contributed by atoms with Gasteiger partial charge in [0.25, 0.3) is 5.56 Å². The lowest BCUT2D eigenvalue weighted by Gasteiger charge is -2.26. The van der Waals surface area contributed by atoms with Crippen LogP contribution in [0.4, 0.5) is 0 Å². The third kappa shape index (κ3) is 3.23. The fraction of sp³-hybridized carbons (Fsp3) is 0.250. The molecule has 2 heterocycles. The van der Waals surface area contributed by atoms with Crippen molar-refractivity contribution in [1.82, 2.24) is 25.1 Å². The van der Waals surface area contributed by atoms with Gasteiger partial charge in [-0.1, -0.05) is 24.3 Å². The number of nitrogens with zero attached hydrogens (tertiary/aromatic N) is 3. The number of para-hydroxylation sites is 1. The molecule has 0 unspecified atom stereocenters. The number of rotatable bonds is 5. The van der Waals surface area contributed by atoms with Crippen molar-refractivity contribution in [1.29, 1.82) is 0 Å². The molecule has 4 rings (SSSR count). The number of fused-ring (bicyclic) bond motifs is 2. The fourth-order valence-electron chi connectivity index (χ4n) is 3.14. The first-order valence-electron chi connectivity index (χ1n) is 8.74. The Kier molecular flexibility index (Phi) is 4.26. The number of aromatic nitrogens is 4. The van der Waals surface area contributed by atoms with Crippen molar-refractivity contribution in [3.05, 3.63) is 70.4 Å². The normalized spacial score (nSPS) is 11.8. The smallest absolute Gasteiger partial charge is 0.258 e. The standard InChI is InChI=1S/C20H21N5O/c1-13(2)25(11-14-7-8-15-10-21-24-18(15)9-14)12-19-22-17-6-4-3-5-16(17)20(26)23-19/h3-10,13H,11-12H2,1-2H3,(H,21,24)(H,22,23,26). The molecule has 26 heavy (non-hydrogen) atoms. The van der Waals surface area contributed by atoms with Crippen LogP contribution in [0.25, 0.3) is 21.8 Å². The zero-order valence-electron chi connectivity index (χ0n) is 14.9. The summed E-state index contributed by atoms with van der Waals surface area (Å²) in [6, 6.07) is 14.0. The molecule has 6 nitrogen and oxygen atoms in total. The molecule has 6 heteroatoms. The summed E-state index contributed by atoms with van der Waals surface area (Å²) in [5, 5.41) is 8.81. The van der Waals surface area contributed by atoms with Crippen molar-refractivity contribution in [2.75, 3.05) is 0 Å². The van der Waals surface area contributed by atoms with Gasteiger partial charge in [-0.15, -0.1) is 0 Å². The van der Waals surface area contributed by atoms with Gasteiger partial charge in [-0.3, -0.25) is 14.8 Å². The van der Waals surface area contributed by atoms with E-state index in [2.05, 4.69) is 57.1 Å². The summed E-state index contributed by atoms with van der Waals surface area (Å²) >= 11 is 0. The van der Waals surface area contributed by atoms with Crippen LogP contribution in [0.3, 0.4) is 0 Å². The zero-order chi connectivity index (χ0) is 18.1. The van der Waals surface area contributed by atoms with Crippen LogP contribution in [0, 0.1) is 0 Å². The van der Waals surface area contributed by atoms with Crippen LogP contribution < -0.4 is 5.56 Å². The van der Waals surface area contributed by atoms with Crippen molar-refractivity contribution in [2.45, 2.75) is 33.0 Å². The third-order valence-corrected chi connectivity index (χ3v) is 4.64. The second-order valence-electron chi connectivity index (χ2n) is 6.82. The molecule has 0 radical (unpaired) electrons. The van der Waals surface area contributed by atoms with Crippen LogP contribution >= 0.6 is 0 Å². The van der Waals surface area contributed by atoms with Crippen molar-refractivity contribution < 1.29 is 0 Å². The molecule has 0 saturated heterocycles. The number of hydrogen-bond donors (Lipinski definition) is 2. The average molecular weight is 347 g/mol. The van der Waals surface area contributed by atoms with Gasteiger partial charge in [-0.25, -0.2) is 4.98 Å². The van der Waals surface area contributed by atoms with Crippen LogP contribution in [-0.4, -0.2) is 31.1 Å². The van der Waals surface area contributed by atoms with E-state index in [0.717, 1.165) is 23.0 Å². The topological polar surface area (TPSA) is 77.7 Å². The third-order valence-electron chi connectivity index (χ3n) is 4.64. The van der Waals surface area contributed by atoms with Crippen LogP contribution in [0.5, 0.6) is 0 Å². The second kappa shape index (κ2) is 6.72. The summed E-state index contributed by atoms with van der Waals surface area (Å²) in [6.07, 6.45) is 1.82. The van der Waals surface area contributed by atoms with Gasteiger partial charge in [-0.2, -0.15) is 5.10 Å². The lowest BCUT2D eigenvalue weighted by atomic mass is 10.1. The fourth-order valence-corrected chi connectivity index (χ4v) is 3.14. The molecule has 0 spiro atoms. The summed E-state index contributed by atoms with van der Waals surface area (Å²) in [5.41, 5.74) is 2.86. The summed E-state index contributed by atoms with van der Waals surface area (Å²) in [7, 11) is 0. The molecule has 0 amide bonds. The van der Waals surface area contributed by atoms with Crippen molar-refractivity contribution in [3.8, 4) is 0 Å². The molecule has 2 aromatic heterocycles. The van der Waals surface area contributed by atoms with Crippen LogP contribution in [-0.2, 0) is 13.1 Å². The summed E-state index contributed by atoms with van der Waals surface area (Å²) in [4.78, 5) is 22.1. The molecule has 0 aliphatic carbocycles. The maximum absolute atomic E-state index is 12.3. The molecule has 0 aliphatic heterocycles. The maximum atomic E-state index is 12.3.